The molecule has 9 heteroatoms. The van der Waals surface area contributed by atoms with Crippen LogP contribution in [0.1, 0.15) is 84.0 Å². The molecule has 1 unspecified atom stereocenters. The van der Waals surface area contributed by atoms with Crippen LogP contribution in [-0.4, -0.2) is 51.5 Å². The van der Waals surface area contributed by atoms with Gasteiger partial charge in [0.05, 0.1) is 0 Å². The maximum atomic E-state index is 14.2. The summed E-state index contributed by atoms with van der Waals surface area (Å²) >= 11 is 5.39. The van der Waals surface area contributed by atoms with Gasteiger partial charge < -0.3 is 0 Å². The average molecular weight is 747 g/mol. The Hall–Kier alpha value is -3.22. The molecule has 1 amide bonds. The quantitative estimate of drug-likeness (QED) is 0.116. The third-order valence-corrected chi connectivity index (χ3v) is 12.6. The summed E-state index contributed by atoms with van der Waals surface area (Å²) in [5, 5.41) is 3.22. The molecule has 4 aromatic rings. The Balaban J connectivity index is 1.36. The molecule has 0 bridgehead atoms. The van der Waals surface area contributed by atoms with E-state index >= 15 is 0 Å². The van der Waals surface area contributed by atoms with Crippen LogP contribution in [0.15, 0.2) is 91.0 Å². The van der Waals surface area contributed by atoms with E-state index in [1.54, 1.807) is 12.1 Å². The van der Waals surface area contributed by atoms with Gasteiger partial charge in [0.25, 0.3) is 0 Å². The number of halogens is 1. The van der Waals surface area contributed by atoms with Crippen LogP contribution in [0.5, 0.6) is 0 Å². The molecular weight excluding hydrogens is 705 g/mol. The average Bonchev–Trinajstić information content (AvgIpc) is 3.04. The van der Waals surface area contributed by atoms with E-state index in [0.717, 1.165) is 45.0 Å². The van der Waals surface area contributed by atoms with Gasteiger partial charge in [0.15, 0.2) is 0 Å². The van der Waals surface area contributed by atoms with Gasteiger partial charge in [-0.2, -0.15) is 8.42 Å². The monoisotopic (exact) mass is 746 g/mol. The Morgan fingerprint density at radius 2 is 1.65 bits per heavy atom. The first-order valence-corrected chi connectivity index (χ1v) is 20.2. The van der Waals surface area contributed by atoms with E-state index in [2.05, 4.69) is 67.7 Å². The first-order valence-electron chi connectivity index (χ1n) is 16.3. The standard InChI is InChI=1S/C39H42AsClNO5S/c1-26-23-34(41)15-16-35(26)29-11-13-33(14-12-29)40-37(43)36(32-6-4-5-31(25-32)28-17-19-39(2,3)20-18-28)24-27-7-9-30(10-8-27)38(44)42-21-22-48(45,46)47/h4-16,23,25,28,36H,17-22,24H2,1-3H3,(H,42,44)(H,45,46,47). The summed E-state index contributed by atoms with van der Waals surface area (Å²) in [6.07, 6.45) is 5.18. The number of carbonyl (C=O) groups excluding carboxylic acids is 2. The second-order valence-electron chi connectivity index (χ2n) is 13.6. The van der Waals surface area contributed by atoms with Gasteiger partial charge in [-0.3, -0.25) is 4.55 Å². The number of rotatable bonds is 12. The first-order chi connectivity index (χ1) is 22.8. The van der Waals surface area contributed by atoms with Gasteiger partial charge in [0.1, 0.15) is 0 Å². The van der Waals surface area contributed by atoms with E-state index in [1.807, 2.05) is 37.3 Å². The number of carbonyl (C=O) groups is 2. The summed E-state index contributed by atoms with van der Waals surface area (Å²) in [4.78, 5) is 26.7. The molecule has 1 atom stereocenters. The molecular formula is C39H42AsClNO5S. The number of nitrogens with one attached hydrogen (secondary N) is 1. The van der Waals surface area contributed by atoms with Crippen molar-refractivity contribution in [2.24, 2.45) is 5.41 Å². The number of amides is 1. The fourth-order valence-electron chi connectivity index (χ4n) is 6.41. The molecule has 1 radical (unpaired) electrons. The molecule has 0 saturated heterocycles. The zero-order valence-electron chi connectivity index (χ0n) is 27.6. The maximum absolute atomic E-state index is 14.2. The van der Waals surface area contributed by atoms with Crippen LogP contribution in [-0.2, 0) is 21.3 Å². The first kappa shape index (κ1) is 36.1. The molecule has 5 rings (SSSR count). The van der Waals surface area contributed by atoms with Crippen LogP contribution in [0, 0.1) is 12.3 Å². The molecule has 1 saturated carbocycles. The number of hydrogen-bond donors (Lipinski definition) is 2. The van der Waals surface area contributed by atoms with Crippen LogP contribution in [0.25, 0.3) is 11.1 Å². The van der Waals surface area contributed by atoms with Gasteiger partial charge >= 0.3 is 285 Å². The molecule has 251 valence electrons. The SMILES string of the molecule is Cc1cc(Cl)ccc1-c1ccc([As]C(=O)C(Cc2ccc(C(=O)NCCS(=O)(=O)O)cc2)c2cccc(C3CCC(C)(C)CC3)c2)cc1. The van der Waals surface area contributed by atoms with Gasteiger partial charge in [-0.25, -0.2) is 0 Å². The summed E-state index contributed by atoms with van der Waals surface area (Å²) in [6.45, 7) is 6.54. The Labute approximate surface area is 296 Å². The van der Waals surface area contributed by atoms with Crippen molar-refractivity contribution in [2.45, 2.75) is 64.7 Å². The molecule has 0 aliphatic heterocycles. The predicted molar refractivity (Wildman–Crippen MR) is 195 cm³/mol. The predicted octanol–water partition coefficient (Wildman–Crippen LogP) is 7.50. The number of aryl methyl sites for hydroxylation is 1. The molecule has 1 aliphatic rings. The fourth-order valence-corrected chi connectivity index (χ4v) is 8.98. The van der Waals surface area contributed by atoms with Gasteiger partial charge in [0, 0.05) is 0 Å². The third-order valence-electron chi connectivity index (χ3n) is 9.33. The fraction of sp³-hybridized carbons (Fsp3) is 0.333. The summed E-state index contributed by atoms with van der Waals surface area (Å²) < 4.78 is 32.2. The van der Waals surface area contributed by atoms with Crippen molar-refractivity contribution in [2.75, 3.05) is 12.3 Å². The van der Waals surface area contributed by atoms with Crippen molar-refractivity contribution in [3.63, 3.8) is 0 Å². The van der Waals surface area contributed by atoms with Gasteiger partial charge in [-0.15, -0.1) is 0 Å². The molecule has 4 aromatic carbocycles. The zero-order chi connectivity index (χ0) is 34.5. The summed E-state index contributed by atoms with van der Waals surface area (Å²) in [7, 11) is -4.16. The van der Waals surface area contributed by atoms with E-state index in [9.17, 15) is 18.0 Å². The topological polar surface area (TPSA) is 101 Å². The normalized spacial score (nSPS) is 15.8. The van der Waals surface area contributed by atoms with Crippen LogP contribution >= 0.6 is 11.6 Å². The molecule has 0 heterocycles. The van der Waals surface area contributed by atoms with E-state index in [-0.39, 0.29) is 17.0 Å². The van der Waals surface area contributed by atoms with E-state index in [4.69, 9.17) is 16.2 Å². The van der Waals surface area contributed by atoms with Crippen LogP contribution in [0.2, 0.25) is 5.02 Å². The molecule has 48 heavy (non-hydrogen) atoms. The second-order valence-corrected chi connectivity index (χ2v) is 18.0. The minimum atomic E-state index is -4.16. The van der Waals surface area contributed by atoms with Crippen LogP contribution < -0.4 is 9.67 Å². The van der Waals surface area contributed by atoms with Crippen molar-refractivity contribution in [1.29, 1.82) is 0 Å². The van der Waals surface area contributed by atoms with Gasteiger partial charge in [-0.05, 0) is 0 Å². The van der Waals surface area contributed by atoms with Crippen molar-refractivity contribution >= 4 is 52.3 Å². The third kappa shape index (κ3) is 9.92. The van der Waals surface area contributed by atoms with Crippen molar-refractivity contribution in [3.05, 3.63) is 124 Å². The molecule has 2 N–H and O–H groups in total. The molecule has 0 spiro atoms. The molecule has 1 fully saturated rings. The summed E-state index contributed by atoms with van der Waals surface area (Å²) in [5.74, 6) is -0.824. The Kier molecular flexibility index (Phi) is 11.7. The Morgan fingerprint density at radius 3 is 2.29 bits per heavy atom. The zero-order valence-corrected chi connectivity index (χ0v) is 31.0. The van der Waals surface area contributed by atoms with Gasteiger partial charge in [0.2, 0.25) is 0 Å². The van der Waals surface area contributed by atoms with Crippen molar-refractivity contribution < 1.29 is 22.6 Å². The molecule has 6 nitrogen and oxygen atoms in total. The van der Waals surface area contributed by atoms with Gasteiger partial charge in [-0.1, -0.05) is 0 Å². The minimum absolute atomic E-state index is 0.186. The second kappa shape index (κ2) is 15.5. The summed E-state index contributed by atoms with van der Waals surface area (Å²) in [6, 6.07) is 29.8. The van der Waals surface area contributed by atoms with Crippen molar-refractivity contribution in [3.8, 4) is 11.1 Å². The number of benzene rings is 4. The Morgan fingerprint density at radius 1 is 0.958 bits per heavy atom. The van der Waals surface area contributed by atoms with Crippen LogP contribution in [0.3, 0.4) is 0 Å². The summed E-state index contributed by atoms with van der Waals surface area (Å²) in [5.41, 5.74) is 7.31. The van der Waals surface area contributed by atoms with Crippen molar-refractivity contribution in [1.82, 2.24) is 5.32 Å². The van der Waals surface area contributed by atoms with E-state index < -0.39 is 37.5 Å². The van der Waals surface area contributed by atoms with Crippen LogP contribution in [0.4, 0.5) is 0 Å². The Bertz CT molecular complexity index is 1860. The molecule has 1 aliphatic carbocycles. The number of hydrogen-bond acceptors (Lipinski definition) is 4. The van der Waals surface area contributed by atoms with E-state index in [0.29, 0.717) is 28.3 Å². The van der Waals surface area contributed by atoms with E-state index in [1.165, 1.54) is 18.4 Å². The molecule has 0 aromatic heterocycles.